The van der Waals surface area contributed by atoms with E-state index in [0.717, 1.165) is 0 Å². The summed E-state index contributed by atoms with van der Waals surface area (Å²) in [5, 5.41) is 0. The average Bonchev–Trinajstić information content (AvgIpc) is 2.80. The molecule has 6 heteroatoms. The number of hydrogen-bond acceptors (Lipinski definition) is 4. The van der Waals surface area contributed by atoms with Crippen LogP contribution in [0.15, 0.2) is 0 Å². The van der Waals surface area contributed by atoms with E-state index >= 15 is 0 Å². The fraction of sp³-hybridized carbons (Fsp3) is 0.727. The third-order valence-corrected chi connectivity index (χ3v) is 3.50. The summed E-state index contributed by atoms with van der Waals surface area (Å²) >= 11 is 0. The first-order valence-electron chi connectivity index (χ1n) is 5.87. The predicted molar refractivity (Wildman–Crippen MR) is 59.6 cm³/mol. The van der Waals surface area contributed by atoms with Gasteiger partial charge in [-0.1, -0.05) is 0 Å². The second-order valence-corrected chi connectivity index (χ2v) is 4.67. The molecule has 3 unspecified atom stereocenters. The van der Waals surface area contributed by atoms with Crippen molar-refractivity contribution in [3.63, 3.8) is 0 Å². The molecule has 0 bridgehead atoms. The fourth-order valence-corrected chi connectivity index (χ4v) is 2.59. The molecule has 2 aliphatic rings. The minimum Gasteiger partial charge on any atom is -0.340 e. The van der Waals surface area contributed by atoms with Gasteiger partial charge in [0.05, 0.1) is 17.9 Å². The summed E-state index contributed by atoms with van der Waals surface area (Å²) in [7, 11) is 0. The molecule has 0 aromatic carbocycles. The van der Waals surface area contributed by atoms with Crippen molar-refractivity contribution >= 4 is 17.7 Å². The van der Waals surface area contributed by atoms with Crippen LogP contribution in [0, 0.1) is 11.8 Å². The number of likely N-dealkylation sites (tertiary alicyclic amines) is 2. The van der Waals surface area contributed by atoms with Gasteiger partial charge in [0.2, 0.25) is 17.7 Å². The van der Waals surface area contributed by atoms with Crippen molar-refractivity contribution in [2.75, 3.05) is 19.6 Å². The quantitative estimate of drug-likeness (QED) is 0.613. The Morgan fingerprint density at radius 3 is 2.18 bits per heavy atom. The Morgan fingerprint density at radius 2 is 1.82 bits per heavy atom. The molecule has 0 aromatic rings. The number of nitrogens with zero attached hydrogens (tertiary/aromatic N) is 2. The van der Waals surface area contributed by atoms with Crippen molar-refractivity contribution in [1.29, 1.82) is 0 Å². The summed E-state index contributed by atoms with van der Waals surface area (Å²) in [6, 6.07) is -0.582. The van der Waals surface area contributed by atoms with Crippen LogP contribution in [-0.4, -0.2) is 53.2 Å². The second kappa shape index (κ2) is 4.10. The Morgan fingerprint density at radius 1 is 1.35 bits per heavy atom. The van der Waals surface area contributed by atoms with E-state index in [1.165, 1.54) is 9.80 Å². The lowest BCUT2D eigenvalue weighted by Crippen LogP contribution is -2.43. The molecule has 2 aliphatic heterocycles. The van der Waals surface area contributed by atoms with Gasteiger partial charge >= 0.3 is 0 Å². The van der Waals surface area contributed by atoms with Gasteiger partial charge in [-0.05, 0) is 13.8 Å². The van der Waals surface area contributed by atoms with Gasteiger partial charge in [0.15, 0.2) is 0 Å². The van der Waals surface area contributed by atoms with Crippen molar-refractivity contribution in [3.8, 4) is 0 Å². The number of rotatable bonds is 2. The van der Waals surface area contributed by atoms with Crippen molar-refractivity contribution in [3.05, 3.63) is 0 Å². The highest BCUT2D eigenvalue weighted by molar-refractivity contribution is 6.06. The van der Waals surface area contributed by atoms with Crippen molar-refractivity contribution in [1.82, 2.24) is 9.80 Å². The number of nitrogens with two attached hydrogens (primary N) is 1. The highest BCUT2D eigenvalue weighted by Crippen LogP contribution is 2.33. The molecule has 0 radical (unpaired) electrons. The maximum Gasteiger partial charge on any atom is 0.239 e. The van der Waals surface area contributed by atoms with Gasteiger partial charge in [0, 0.05) is 19.6 Å². The Kier molecular flexibility index (Phi) is 2.91. The molecule has 2 N–H and O–H groups in total. The Labute approximate surface area is 99.7 Å². The molecule has 2 rings (SSSR count). The lowest BCUT2D eigenvalue weighted by molar-refractivity contribution is -0.141. The molecular formula is C11H17N3O3. The van der Waals surface area contributed by atoms with E-state index in [2.05, 4.69) is 0 Å². The molecule has 0 aliphatic carbocycles. The number of carbonyl (C=O) groups excluding carboxylic acids is 3. The molecule has 0 spiro atoms. The molecule has 2 fully saturated rings. The summed E-state index contributed by atoms with van der Waals surface area (Å²) in [6.45, 7) is 4.45. The Bertz CT molecular complexity index is 356. The second-order valence-electron chi connectivity index (χ2n) is 4.67. The predicted octanol–water partition coefficient (Wildman–Crippen LogP) is -1.20. The first-order chi connectivity index (χ1) is 7.97. The molecule has 0 aromatic heterocycles. The highest BCUT2D eigenvalue weighted by Gasteiger charge is 2.52. The van der Waals surface area contributed by atoms with E-state index in [4.69, 9.17) is 5.73 Å². The van der Waals surface area contributed by atoms with Crippen LogP contribution in [0.3, 0.4) is 0 Å². The first-order valence-corrected chi connectivity index (χ1v) is 5.87. The smallest absolute Gasteiger partial charge is 0.239 e. The molecular weight excluding hydrogens is 222 g/mol. The number of hydrogen-bond donors (Lipinski definition) is 1. The summed E-state index contributed by atoms with van der Waals surface area (Å²) in [6.07, 6.45) is 0. The van der Waals surface area contributed by atoms with Crippen LogP contribution in [0.25, 0.3) is 0 Å². The van der Waals surface area contributed by atoms with Gasteiger partial charge in [-0.3, -0.25) is 19.3 Å². The summed E-state index contributed by atoms with van der Waals surface area (Å²) < 4.78 is 0. The van der Waals surface area contributed by atoms with Crippen LogP contribution in [0.5, 0.6) is 0 Å². The van der Waals surface area contributed by atoms with Crippen molar-refractivity contribution < 1.29 is 14.4 Å². The number of carbonyl (C=O) groups is 3. The minimum absolute atomic E-state index is 0.150. The summed E-state index contributed by atoms with van der Waals surface area (Å²) in [5.74, 6) is -1.21. The zero-order valence-corrected chi connectivity index (χ0v) is 10.0. The third kappa shape index (κ3) is 1.72. The van der Waals surface area contributed by atoms with Crippen molar-refractivity contribution in [2.45, 2.75) is 19.9 Å². The van der Waals surface area contributed by atoms with Crippen LogP contribution >= 0.6 is 0 Å². The number of amides is 3. The largest absolute Gasteiger partial charge is 0.340 e. The number of fused-ring (bicyclic) bond motifs is 1. The maximum absolute atomic E-state index is 11.9. The van der Waals surface area contributed by atoms with E-state index in [9.17, 15) is 14.4 Å². The van der Waals surface area contributed by atoms with Gasteiger partial charge < -0.3 is 10.6 Å². The van der Waals surface area contributed by atoms with Gasteiger partial charge in [0.1, 0.15) is 0 Å². The topological polar surface area (TPSA) is 83.7 Å². The zero-order chi connectivity index (χ0) is 12.7. The van der Waals surface area contributed by atoms with Crippen LogP contribution in [0.2, 0.25) is 0 Å². The van der Waals surface area contributed by atoms with E-state index in [1.54, 1.807) is 13.8 Å². The molecule has 2 heterocycles. The number of imide groups is 1. The van der Waals surface area contributed by atoms with Crippen LogP contribution in [-0.2, 0) is 14.4 Å². The van der Waals surface area contributed by atoms with Gasteiger partial charge in [-0.2, -0.15) is 0 Å². The highest BCUT2D eigenvalue weighted by atomic mass is 16.2. The Hall–Kier alpha value is -1.43. The van der Waals surface area contributed by atoms with Gasteiger partial charge in [0.25, 0.3) is 0 Å². The van der Waals surface area contributed by atoms with E-state index in [-0.39, 0.29) is 29.6 Å². The van der Waals surface area contributed by atoms with Gasteiger partial charge in [-0.15, -0.1) is 0 Å². The normalized spacial score (nSPS) is 29.8. The van der Waals surface area contributed by atoms with E-state index in [0.29, 0.717) is 19.6 Å². The standard InChI is InChI=1S/C11H17N3O3/c1-3-14-10(16)7-4-13(9(15)6(2)12)5-8(7)11(14)17/h6-8H,3-5,12H2,1-2H3. The third-order valence-electron chi connectivity index (χ3n) is 3.50. The Balaban J connectivity index is 2.13. The summed E-state index contributed by atoms with van der Waals surface area (Å²) in [5.41, 5.74) is 5.52. The van der Waals surface area contributed by atoms with E-state index < -0.39 is 6.04 Å². The van der Waals surface area contributed by atoms with E-state index in [1.807, 2.05) is 0 Å². The molecule has 94 valence electrons. The molecule has 17 heavy (non-hydrogen) atoms. The van der Waals surface area contributed by atoms with Crippen LogP contribution in [0.4, 0.5) is 0 Å². The zero-order valence-electron chi connectivity index (χ0n) is 10.0. The lowest BCUT2D eigenvalue weighted by atomic mass is 10.00. The summed E-state index contributed by atoms with van der Waals surface area (Å²) in [4.78, 5) is 38.3. The molecule has 6 nitrogen and oxygen atoms in total. The SMILES string of the molecule is CCN1C(=O)C2CN(C(=O)C(C)N)CC2C1=O. The molecule has 3 amide bonds. The fourth-order valence-electron chi connectivity index (χ4n) is 2.59. The molecule has 0 saturated carbocycles. The monoisotopic (exact) mass is 239 g/mol. The van der Waals surface area contributed by atoms with Crippen LogP contribution in [0.1, 0.15) is 13.8 Å². The molecule has 3 atom stereocenters. The maximum atomic E-state index is 11.9. The lowest BCUT2D eigenvalue weighted by Gasteiger charge is -2.21. The first kappa shape index (κ1) is 12.0. The van der Waals surface area contributed by atoms with Gasteiger partial charge in [-0.25, -0.2) is 0 Å². The van der Waals surface area contributed by atoms with Crippen molar-refractivity contribution in [2.24, 2.45) is 17.6 Å². The van der Waals surface area contributed by atoms with Crippen LogP contribution < -0.4 is 5.73 Å². The molecule has 2 saturated heterocycles. The average molecular weight is 239 g/mol. The minimum atomic E-state index is -0.582.